The van der Waals surface area contributed by atoms with Crippen molar-refractivity contribution in [3.8, 4) is 0 Å². The van der Waals surface area contributed by atoms with Crippen molar-refractivity contribution in [2.24, 2.45) is 0 Å². The predicted molar refractivity (Wildman–Crippen MR) is 50.1 cm³/mol. The van der Waals surface area contributed by atoms with Crippen LogP contribution in [0.3, 0.4) is 0 Å². The highest BCUT2D eigenvalue weighted by Crippen LogP contribution is 2.34. The highest BCUT2D eigenvalue weighted by atomic mass is 31.2. The number of ether oxygens (including phenoxy) is 1. The van der Waals surface area contributed by atoms with Crippen LogP contribution in [0.15, 0.2) is 12.2 Å². The fourth-order valence-corrected chi connectivity index (χ4v) is 1.01. The number of esters is 1. The van der Waals surface area contributed by atoms with E-state index in [0.717, 1.165) is 0 Å². The minimum Gasteiger partial charge on any atom is -0.462 e. The summed E-state index contributed by atoms with van der Waals surface area (Å²) in [6.45, 7) is 8.56. The SMILES string of the molecule is C=C(C)C(=O)OCCP(C)(C)=O. The van der Waals surface area contributed by atoms with Gasteiger partial charge in [-0.2, -0.15) is 0 Å². The van der Waals surface area contributed by atoms with Crippen molar-refractivity contribution in [2.75, 3.05) is 26.1 Å². The van der Waals surface area contributed by atoms with Gasteiger partial charge in [-0.05, 0) is 20.3 Å². The standard InChI is InChI=1S/C8H15O3P/c1-7(2)8(9)11-5-6-12(3,4)10/h1,5-6H2,2-4H3. The number of hydrogen-bond donors (Lipinski definition) is 0. The van der Waals surface area contributed by atoms with E-state index < -0.39 is 13.1 Å². The zero-order chi connectivity index (χ0) is 9.78. The molecule has 0 aliphatic carbocycles. The summed E-state index contributed by atoms with van der Waals surface area (Å²) in [5.41, 5.74) is 0.372. The van der Waals surface area contributed by atoms with Crippen molar-refractivity contribution in [1.82, 2.24) is 0 Å². The van der Waals surface area contributed by atoms with Crippen molar-refractivity contribution in [3.63, 3.8) is 0 Å². The molecule has 12 heavy (non-hydrogen) atoms. The molecule has 0 bridgehead atoms. The second kappa shape index (κ2) is 4.46. The van der Waals surface area contributed by atoms with Crippen LogP contribution in [0.25, 0.3) is 0 Å². The first kappa shape index (κ1) is 11.4. The summed E-state index contributed by atoms with van der Waals surface area (Å²) in [6.07, 6.45) is 0.437. The minimum atomic E-state index is -2.06. The van der Waals surface area contributed by atoms with E-state index in [1.165, 1.54) is 0 Å². The van der Waals surface area contributed by atoms with Gasteiger partial charge in [0, 0.05) is 11.7 Å². The fourth-order valence-electron chi connectivity index (χ4n) is 0.481. The molecule has 0 aromatic carbocycles. The number of hydrogen-bond acceptors (Lipinski definition) is 3. The molecular formula is C8H15O3P. The van der Waals surface area contributed by atoms with E-state index in [1.807, 2.05) is 0 Å². The van der Waals surface area contributed by atoms with Crippen LogP contribution in [0.5, 0.6) is 0 Å². The van der Waals surface area contributed by atoms with Crippen molar-refractivity contribution in [1.29, 1.82) is 0 Å². The summed E-state index contributed by atoms with van der Waals surface area (Å²) in [4.78, 5) is 10.8. The molecule has 3 nitrogen and oxygen atoms in total. The Labute approximate surface area is 73.2 Å². The van der Waals surface area contributed by atoms with E-state index in [2.05, 4.69) is 6.58 Å². The Morgan fingerprint density at radius 1 is 1.50 bits per heavy atom. The number of carbonyl (C=O) groups is 1. The van der Waals surface area contributed by atoms with Crippen LogP contribution in [0.1, 0.15) is 6.92 Å². The summed E-state index contributed by atoms with van der Waals surface area (Å²) < 4.78 is 15.9. The first-order valence-corrected chi connectivity index (χ1v) is 6.48. The zero-order valence-electron chi connectivity index (χ0n) is 7.79. The van der Waals surface area contributed by atoms with Crippen molar-refractivity contribution >= 4 is 13.1 Å². The molecule has 0 aliphatic rings. The van der Waals surface area contributed by atoms with Gasteiger partial charge >= 0.3 is 5.97 Å². The van der Waals surface area contributed by atoms with Crippen molar-refractivity contribution in [3.05, 3.63) is 12.2 Å². The molecule has 0 saturated heterocycles. The van der Waals surface area contributed by atoms with Crippen LogP contribution in [0.2, 0.25) is 0 Å². The number of carbonyl (C=O) groups excluding carboxylic acids is 1. The van der Waals surface area contributed by atoms with Crippen LogP contribution >= 0.6 is 7.14 Å². The summed E-state index contributed by atoms with van der Waals surface area (Å²) in [5.74, 6) is -0.413. The fraction of sp³-hybridized carbons (Fsp3) is 0.625. The molecule has 0 heterocycles. The minimum absolute atomic E-state index is 0.218. The summed E-state index contributed by atoms with van der Waals surface area (Å²) in [6, 6.07) is 0. The average Bonchev–Trinajstić information content (AvgIpc) is 1.84. The quantitative estimate of drug-likeness (QED) is 0.385. The molecule has 0 rings (SSSR count). The van der Waals surface area contributed by atoms with Crippen LogP contribution < -0.4 is 0 Å². The maximum atomic E-state index is 11.2. The highest BCUT2D eigenvalue weighted by molar-refractivity contribution is 7.62. The smallest absolute Gasteiger partial charge is 0.333 e. The molecule has 0 unspecified atom stereocenters. The summed E-state index contributed by atoms with van der Waals surface area (Å²) in [7, 11) is -2.06. The monoisotopic (exact) mass is 190 g/mol. The van der Waals surface area contributed by atoms with Gasteiger partial charge in [0.1, 0.15) is 0 Å². The molecule has 0 aliphatic heterocycles. The first-order chi connectivity index (χ1) is 5.33. The first-order valence-electron chi connectivity index (χ1n) is 3.69. The van der Waals surface area contributed by atoms with Gasteiger partial charge < -0.3 is 9.30 Å². The van der Waals surface area contributed by atoms with Crippen LogP contribution in [0.4, 0.5) is 0 Å². The van der Waals surface area contributed by atoms with E-state index in [-0.39, 0.29) is 6.61 Å². The number of rotatable bonds is 4. The molecule has 0 spiro atoms. The maximum Gasteiger partial charge on any atom is 0.333 e. The third-order valence-corrected chi connectivity index (χ3v) is 2.47. The Morgan fingerprint density at radius 2 is 2.00 bits per heavy atom. The van der Waals surface area contributed by atoms with Gasteiger partial charge in [-0.3, -0.25) is 0 Å². The second-order valence-corrected chi connectivity index (χ2v) is 6.81. The third kappa shape index (κ3) is 6.17. The van der Waals surface area contributed by atoms with Crippen LogP contribution in [0, 0.1) is 0 Å². The zero-order valence-corrected chi connectivity index (χ0v) is 8.69. The second-order valence-electron chi connectivity index (χ2n) is 3.21. The van der Waals surface area contributed by atoms with Gasteiger partial charge in [0.2, 0.25) is 0 Å². The lowest BCUT2D eigenvalue weighted by molar-refractivity contribution is -0.138. The van der Waals surface area contributed by atoms with E-state index in [9.17, 15) is 9.36 Å². The summed E-state index contributed by atoms with van der Waals surface area (Å²) in [5, 5.41) is 0. The Balaban J connectivity index is 3.65. The van der Waals surface area contributed by atoms with Gasteiger partial charge in [0.15, 0.2) is 0 Å². The molecule has 0 N–H and O–H groups in total. The Morgan fingerprint density at radius 3 is 2.33 bits per heavy atom. The topological polar surface area (TPSA) is 43.4 Å². The molecule has 0 aromatic rings. The third-order valence-electron chi connectivity index (χ3n) is 1.21. The predicted octanol–water partition coefficient (Wildman–Crippen LogP) is 1.73. The molecule has 0 saturated carbocycles. The van der Waals surface area contributed by atoms with Crippen molar-refractivity contribution in [2.45, 2.75) is 6.92 Å². The molecule has 0 amide bonds. The molecule has 0 atom stereocenters. The lowest BCUT2D eigenvalue weighted by Crippen LogP contribution is -2.08. The lowest BCUT2D eigenvalue weighted by Gasteiger charge is -2.06. The van der Waals surface area contributed by atoms with Crippen LogP contribution in [-0.4, -0.2) is 32.1 Å². The molecule has 70 valence electrons. The van der Waals surface area contributed by atoms with Gasteiger partial charge in [-0.15, -0.1) is 0 Å². The van der Waals surface area contributed by atoms with E-state index in [1.54, 1.807) is 20.3 Å². The van der Waals surface area contributed by atoms with E-state index in [4.69, 9.17) is 4.74 Å². The van der Waals surface area contributed by atoms with Gasteiger partial charge in [-0.25, -0.2) is 4.79 Å². The Hall–Kier alpha value is -0.560. The molecule has 4 heteroatoms. The Kier molecular flexibility index (Phi) is 4.25. The molecule has 0 aromatic heterocycles. The maximum absolute atomic E-state index is 11.2. The molecular weight excluding hydrogens is 175 g/mol. The lowest BCUT2D eigenvalue weighted by atomic mass is 10.4. The van der Waals surface area contributed by atoms with E-state index >= 15 is 0 Å². The van der Waals surface area contributed by atoms with Crippen LogP contribution in [-0.2, 0) is 14.1 Å². The summed E-state index contributed by atoms with van der Waals surface area (Å²) >= 11 is 0. The van der Waals surface area contributed by atoms with E-state index in [0.29, 0.717) is 11.7 Å². The van der Waals surface area contributed by atoms with Gasteiger partial charge in [-0.1, -0.05) is 6.58 Å². The highest BCUT2D eigenvalue weighted by Gasteiger charge is 2.09. The van der Waals surface area contributed by atoms with Gasteiger partial charge in [0.05, 0.1) is 13.7 Å². The Bertz CT molecular complexity index is 226. The van der Waals surface area contributed by atoms with Crippen molar-refractivity contribution < 1.29 is 14.1 Å². The average molecular weight is 190 g/mol. The van der Waals surface area contributed by atoms with Gasteiger partial charge in [0.25, 0.3) is 0 Å². The molecule has 0 fully saturated rings. The normalized spacial score (nSPS) is 10.9. The largest absolute Gasteiger partial charge is 0.462 e. The molecule has 0 radical (unpaired) electrons.